The first-order valence-corrected chi connectivity index (χ1v) is 5.10. The van der Waals surface area contributed by atoms with Gasteiger partial charge in [0.25, 0.3) is 0 Å². The second kappa shape index (κ2) is 5.30. The van der Waals surface area contributed by atoms with Crippen LogP contribution in [0.2, 0.25) is 0 Å². The highest BCUT2D eigenvalue weighted by Gasteiger charge is 2.03. The lowest BCUT2D eigenvalue weighted by molar-refractivity contribution is 0.822. The Hall–Kier alpha value is -1.63. The Kier molecular flexibility index (Phi) is 4.04. The van der Waals surface area contributed by atoms with Gasteiger partial charge in [-0.3, -0.25) is 4.98 Å². The molecular weight excluding hydrogens is 182 g/mol. The molecular formula is C14H17N. The number of aromatic nitrogens is 1. The SMILES string of the molecule is C=C/C=C(\C=C)c1ccnc(C(C)C)c1. The molecule has 0 aliphatic heterocycles. The molecule has 0 bridgehead atoms. The van der Waals surface area contributed by atoms with Gasteiger partial charge in [-0.2, -0.15) is 0 Å². The summed E-state index contributed by atoms with van der Waals surface area (Å²) in [6.07, 6.45) is 7.39. The Bertz CT molecular complexity index is 386. The van der Waals surface area contributed by atoms with Crippen molar-refractivity contribution in [3.63, 3.8) is 0 Å². The molecule has 0 aliphatic carbocycles. The van der Waals surface area contributed by atoms with Crippen molar-refractivity contribution in [2.24, 2.45) is 0 Å². The van der Waals surface area contributed by atoms with Crippen LogP contribution >= 0.6 is 0 Å². The number of hydrogen-bond acceptors (Lipinski definition) is 1. The summed E-state index contributed by atoms with van der Waals surface area (Å²) in [6, 6.07) is 4.09. The average Bonchev–Trinajstić information content (AvgIpc) is 2.26. The molecule has 0 aliphatic rings. The molecule has 1 heterocycles. The fourth-order valence-electron chi connectivity index (χ4n) is 1.35. The predicted molar refractivity (Wildman–Crippen MR) is 66.7 cm³/mol. The van der Waals surface area contributed by atoms with E-state index in [0.717, 1.165) is 16.8 Å². The summed E-state index contributed by atoms with van der Waals surface area (Å²) in [5.74, 6) is 0.444. The van der Waals surface area contributed by atoms with Crippen molar-refractivity contribution >= 4 is 5.57 Å². The van der Waals surface area contributed by atoms with Crippen molar-refractivity contribution in [1.29, 1.82) is 0 Å². The summed E-state index contributed by atoms with van der Waals surface area (Å²) in [5.41, 5.74) is 3.32. The zero-order chi connectivity index (χ0) is 11.3. The highest BCUT2D eigenvalue weighted by Crippen LogP contribution is 2.19. The summed E-state index contributed by atoms with van der Waals surface area (Å²) >= 11 is 0. The fourth-order valence-corrected chi connectivity index (χ4v) is 1.35. The van der Waals surface area contributed by atoms with Gasteiger partial charge in [0.2, 0.25) is 0 Å². The van der Waals surface area contributed by atoms with Crippen molar-refractivity contribution in [3.8, 4) is 0 Å². The molecule has 0 saturated carbocycles. The smallest absolute Gasteiger partial charge is 0.0435 e. The van der Waals surface area contributed by atoms with E-state index in [1.54, 1.807) is 6.08 Å². The second-order valence-electron chi connectivity index (χ2n) is 3.69. The van der Waals surface area contributed by atoms with Gasteiger partial charge in [0.15, 0.2) is 0 Å². The van der Waals surface area contributed by atoms with Gasteiger partial charge < -0.3 is 0 Å². The molecule has 0 amide bonds. The lowest BCUT2D eigenvalue weighted by Gasteiger charge is -2.07. The molecule has 0 saturated heterocycles. The fraction of sp³-hybridized carbons (Fsp3) is 0.214. The largest absolute Gasteiger partial charge is 0.261 e. The second-order valence-corrected chi connectivity index (χ2v) is 3.69. The van der Waals surface area contributed by atoms with Gasteiger partial charge in [-0.05, 0) is 29.2 Å². The van der Waals surface area contributed by atoms with Gasteiger partial charge in [-0.15, -0.1) is 0 Å². The summed E-state index contributed by atoms with van der Waals surface area (Å²) < 4.78 is 0. The van der Waals surface area contributed by atoms with Crippen molar-refractivity contribution in [2.75, 3.05) is 0 Å². The molecule has 0 unspecified atom stereocenters. The molecule has 1 aromatic heterocycles. The van der Waals surface area contributed by atoms with Crippen molar-refractivity contribution in [2.45, 2.75) is 19.8 Å². The Morgan fingerprint density at radius 1 is 1.40 bits per heavy atom. The molecule has 78 valence electrons. The Labute approximate surface area is 91.9 Å². The van der Waals surface area contributed by atoms with Crippen LogP contribution in [0.3, 0.4) is 0 Å². The molecule has 15 heavy (non-hydrogen) atoms. The van der Waals surface area contributed by atoms with Gasteiger partial charge in [-0.1, -0.05) is 45.2 Å². The van der Waals surface area contributed by atoms with E-state index in [2.05, 4.69) is 38.1 Å². The van der Waals surface area contributed by atoms with Gasteiger partial charge in [0, 0.05) is 11.9 Å². The third kappa shape index (κ3) is 2.91. The van der Waals surface area contributed by atoms with Crippen LogP contribution in [-0.4, -0.2) is 4.98 Å². The Morgan fingerprint density at radius 2 is 2.13 bits per heavy atom. The minimum atomic E-state index is 0.444. The number of hydrogen-bond donors (Lipinski definition) is 0. The minimum absolute atomic E-state index is 0.444. The molecule has 1 rings (SSSR count). The van der Waals surface area contributed by atoms with E-state index in [9.17, 15) is 0 Å². The van der Waals surface area contributed by atoms with E-state index in [4.69, 9.17) is 0 Å². The monoisotopic (exact) mass is 199 g/mol. The molecule has 0 fully saturated rings. The molecule has 0 radical (unpaired) electrons. The van der Waals surface area contributed by atoms with Gasteiger partial charge in [0.05, 0.1) is 0 Å². The molecule has 0 aromatic carbocycles. The number of allylic oxidation sites excluding steroid dienone is 4. The van der Waals surface area contributed by atoms with E-state index >= 15 is 0 Å². The zero-order valence-electron chi connectivity index (χ0n) is 9.40. The van der Waals surface area contributed by atoms with E-state index in [1.807, 2.05) is 24.4 Å². The van der Waals surface area contributed by atoms with E-state index in [0.29, 0.717) is 5.92 Å². The normalized spacial score (nSPS) is 11.5. The minimum Gasteiger partial charge on any atom is -0.261 e. The molecule has 0 atom stereocenters. The zero-order valence-corrected chi connectivity index (χ0v) is 9.40. The molecule has 1 aromatic rings. The number of nitrogens with zero attached hydrogens (tertiary/aromatic N) is 1. The van der Waals surface area contributed by atoms with Crippen molar-refractivity contribution < 1.29 is 0 Å². The van der Waals surface area contributed by atoms with Crippen LogP contribution in [-0.2, 0) is 0 Å². The van der Waals surface area contributed by atoms with E-state index in [-0.39, 0.29) is 0 Å². The maximum Gasteiger partial charge on any atom is 0.0435 e. The average molecular weight is 199 g/mol. The van der Waals surface area contributed by atoms with E-state index < -0.39 is 0 Å². The predicted octanol–water partition coefficient (Wildman–Crippen LogP) is 3.96. The molecule has 0 spiro atoms. The first-order valence-electron chi connectivity index (χ1n) is 5.10. The first kappa shape index (κ1) is 11.4. The van der Waals surface area contributed by atoms with Crippen LogP contribution in [0.4, 0.5) is 0 Å². The third-order valence-electron chi connectivity index (χ3n) is 2.22. The maximum absolute atomic E-state index is 4.33. The van der Waals surface area contributed by atoms with Crippen LogP contribution in [0.1, 0.15) is 31.0 Å². The highest BCUT2D eigenvalue weighted by atomic mass is 14.7. The van der Waals surface area contributed by atoms with Crippen molar-refractivity contribution in [3.05, 3.63) is 61.0 Å². The van der Waals surface area contributed by atoms with Crippen LogP contribution in [0.15, 0.2) is 49.7 Å². The number of rotatable bonds is 4. The van der Waals surface area contributed by atoms with Gasteiger partial charge >= 0.3 is 0 Å². The van der Waals surface area contributed by atoms with Crippen molar-refractivity contribution in [1.82, 2.24) is 4.98 Å². The third-order valence-corrected chi connectivity index (χ3v) is 2.22. The maximum atomic E-state index is 4.33. The van der Waals surface area contributed by atoms with Gasteiger partial charge in [-0.25, -0.2) is 0 Å². The van der Waals surface area contributed by atoms with Crippen LogP contribution in [0.25, 0.3) is 5.57 Å². The standard InChI is InChI=1S/C14H17N/c1-5-7-12(6-2)13-8-9-15-14(10-13)11(3)4/h5-11H,1-2H2,3-4H3/b12-7+. The molecule has 1 nitrogen and oxygen atoms in total. The van der Waals surface area contributed by atoms with Gasteiger partial charge in [0.1, 0.15) is 0 Å². The first-order chi connectivity index (χ1) is 7.19. The van der Waals surface area contributed by atoms with E-state index in [1.165, 1.54) is 0 Å². The quantitative estimate of drug-likeness (QED) is 0.669. The lowest BCUT2D eigenvalue weighted by Crippen LogP contribution is -1.93. The Morgan fingerprint density at radius 3 is 2.67 bits per heavy atom. The van der Waals surface area contributed by atoms with Crippen LogP contribution < -0.4 is 0 Å². The molecule has 1 heteroatoms. The topological polar surface area (TPSA) is 12.9 Å². The highest BCUT2D eigenvalue weighted by molar-refractivity contribution is 5.74. The summed E-state index contributed by atoms with van der Waals surface area (Å²) in [6.45, 7) is 11.8. The summed E-state index contributed by atoms with van der Waals surface area (Å²) in [4.78, 5) is 4.33. The van der Waals surface area contributed by atoms with Crippen LogP contribution in [0, 0.1) is 0 Å². The molecule has 0 N–H and O–H groups in total. The Balaban J connectivity index is 3.14. The number of pyridine rings is 1. The summed E-state index contributed by atoms with van der Waals surface area (Å²) in [7, 11) is 0. The van der Waals surface area contributed by atoms with Crippen LogP contribution in [0.5, 0.6) is 0 Å². The lowest BCUT2D eigenvalue weighted by atomic mass is 10.0. The summed E-state index contributed by atoms with van der Waals surface area (Å²) in [5, 5.41) is 0.